The Labute approximate surface area is 217 Å². The molecule has 0 aliphatic carbocycles. The van der Waals surface area contributed by atoms with Gasteiger partial charge in [-0.3, -0.25) is 9.52 Å². The zero-order valence-electron chi connectivity index (χ0n) is 19.4. The van der Waals surface area contributed by atoms with Crippen LogP contribution < -0.4 is 10.0 Å². The molecule has 1 atom stereocenters. The fourth-order valence-electron chi connectivity index (χ4n) is 3.18. The van der Waals surface area contributed by atoms with E-state index in [-0.39, 0.29) is 33.5 Å². The van der Waals surface area contributed by atoms with E-state index in [0.717, 1.165) is 0 Å². The summed E-state index contributed by atoms with van der Waals surface area (Å²) in [7, 11) is -3.99. The number of ether oxygens (including phenoxy) is 2. The van der Waals surface area contributed by atoms with Crippen LogP contribution in [0.2, 0.25) is 0 Å². The van der Waals surface area contributed by atoms with Crippen LogP contribution in [-0.4, -0.2) is 44.7 Å². The predicted molar refractivity (Wildman–Crippen MR) is 138 cm³/mol. The Morgan fingerprint density at radius 2 is 1.83 bits per heavy atom. The van der Waals surface area contributed by atoms with E-state index >= 15 is 0 Å². The molecular formula is C25H25BrN2O7S. The highest BCUT2D eigenvalue weighted by Crippen LogP contribution is 2.22. The highest BCUT2D eigenvalue weighted by molar-refractivity contribution is 9.10. The third-order valence-corrected chi connectivity index (χ3v) is 6.85. The molecule has 2 aromatic rings. The molecule has 1 aliphatic rings. The molecule has 3 rings (SSSR count). The third kappa shape index (κ3) is 7.54. The first-order valence-corrected chi connectivity index (χ1v) is 13.1. The Bertz CT molecular complexity index is 1320. The summed E-state index contributed by atoms with van der Waals surface area (Å²) < 4.78 is 40.1. The monoisotopic (exact) mass is 576 g/mol. The molecule has 190 valence electrons. The number of carbonyl (C=O) groups excluding carboxylic acids is 1. The molecule has 1 aliphatic heterocycles. The molecule has 1 unspecified atom stereocenters. The molecule has 0 radical (unpaired) electrons. The largest absolute Gasteiger partial charge is 0.494 e. The molecule has 0 spiro atoms. The van der Waals surface area contributed by atoms with Gasteiger partial charge in [-0.1, -0.05) is 22.5 Å². The quantitative estimate of drug-likeness (QED) is 0.462. The van der Waals surface area contributed by atoms with Gasteiger partial charge in [0.2, 0.25) is 0 Å². The topological polar surface area (TPSA) is 131 Å². The van der Waals surface area contributed by atoms with Crippen LogP contribution in [0.1, 0.15) is 34.1 Å². The van der Waals surface area contributed by atoms with Gasteiger partial charge in [-0.25, -0.2) is 13.2 Å². The maximum absolute atomic E-state index is 13.0. The predicted octanol–water partition coefficient (Wildman–Crippen LogP) is 4.46. The van der Waals surface area contributed by atoms with Gasteiger partial charge in [0.15, 0.2) is 0 Å². The fourth-order valence-corrected chi connectivity index (χ4v) is 4.60. The molecular weight excluding hydrogens is 552 g/mol. The van der Waals surface area contributed by atoms with E-state index in [0.29, 0.717) is 29.9 Å². The second-order valence-electron chi connectivity index (χ2n) is 7.78. The van der Waals surface area contributed by atoms with Crippen LogP contribution in [0.3, 0.4) is 0 Å². The second kappa shape index (κ2) is 12.0. The first-order chi connectivity index (χ1) is 17.0. The van der Waals surface area contributed by atoms with Crippen molar-refractivity contribution in [1.29, 1.82) is 0 Å². The molecule has 0 fully saturated rings. The molecule has 1 amide bonds. The molecule has 0 saturated carbocycles. The summed E-state index contributed by atoms with van der Waals surface area (Å²) in [5.41, 5.74) is 0.446. The first-order valence-electron chi connectivity index (χ1n) is 10.9. The van der Waals surface area contributed by atoms with Crippen LogP contribution in [-0.2, 0) is 19.5 Å². The van der Waals surface area contributed by atoms with E-state index in [4.69, 9.17) is 9.47 Å². The average Bonchev–Trinajstić information content (AvgIpc) is 2.86. The molecule has 0 saturated heterocycles. The lowest BCUT2D eigenvalue weighted by Crippen LogP contribution is -2.24. The lowest BCUT2D eigenvalue weighted by atomic mass is 10.1. The molecule has 0 aromatic heterocycles. The highest BCUT2D eigenvalue weighted by atomic mass is 79.9. The van der Waals surface area contributed by atoms with E-state index in [2.05, 4.69) is 32.5 Å². The summed E-state index contributed by atoms with van der Waals surface area (Å²) in [6, 6.07) is 9.68. The van der Waals surface area contributed by atoms with Gasteiger partial charge >= 0.3 is 5.97 Å². The minimum absolute atomic E-state index is 0.0684. The van der Waals surface area contributed by atoms with E-state index < -0.39 is 21.9 Å². The molecule has 0 bridgehead atoms. The van der Waals surface area contributed by atoms with Crippen molar-refractivity contribution in [2.45, 2.75) is 24.3 Å². The highest BCUT2D eigenvalue weighted by Gasteiger charge is 2.18. The molecule has 1 heterocycles. The average molecular weight is 577 g/mol. The number of halogens is 1. The van der Waals surface area contributed by atoms with E-state index in [1.807, 2.05) is 0 Å². The summed E-state index contributed by atoms with van der Waals surface area (Å²) in [6.07, 6.45) is 5.05. The van der Waals surface area contributed by atoms with Crippen LogP contribution in [0.5, 0.6) is 0 Å². The number of allylic oxidation sites excluding steroid dienone is 2. The minimum atomic E-state index is -3.99. The summed E-state index contributed by atoms with van der Waals surface area (Å²) in [5.74, 6) is -1.40. The van der Waals surface area contributed by atoms with Crippen molar-refractivity contribution >= 4 is 43.5 Å². The SMILES string of the molecule is C=C1/C=C\C(NS(=O)(=O)c2ccc(C(=O)Nc3ccc(Br)cc3C(=O)O)cc2)=C/C(C)OCCCO1. The van der Waals surface area contributed by atoms with E-state index in [1.165, 1.54) is 42.5 Å². The third-order valence-electron chi connectivity index (χ3n) is 4.96. The van der Waals surface area contributed by atoms with Crippen LogP contribution in [0.15, 0.2) is 88.1 Å². The Morgan fingerprint density at radius 3 is 2.53 bits per heavy atom. The van der Waals surface area contributed by atoms with Crippen LogP contribution >= 0.6 is 15.9 Å². The number of carboxylic acid groups (broad SMARTS) is 1. The first kappa shape index (κ1) is 27.2. The molecule has 2 aromatic carbocycles. The zero-order chi connectivity index (χ0) is 26.3. The van der Waals surface area contributed by atoms with Crippen LogP contribution in [0, 0.1) is 0 Å². The van der Waals surface area contributed by atoms with Gasteiger partial charge in [-0.2, -0.15) is 0 Å². The number of amides is 1. The number of carboxylic acids is 1. The van der Waals surface area contributed by atoms with Gasteiger partial charge < -0.3 is 19.9 Å². The van der Waals surface area contributed by atoms with Crippen molar-refractivity contribution in [2.75, 3.05) is 18.5 Å². The Balaban J connectivity index is 1.78. The minimum Gasteiger partial charge on any atom is -0.494 e. The smallest absolute Gasteiger partial charge is 0.337 e. The number of benzene rings is 2. The molecule has 3 N–H and O–H groups in total. The molecule has 9 nitrogen and oxygen atoms in total. The standard InChI is InChI=1S/C25H25BrN2O7S/c1-16-4-8-20(14-17(2)35-13-3-12-34-16)28-36(32,33)21-9-5-18(6-10-21)24(29)27-23-11-7-19(26)15-22(23)25(30)31/h4-11,14-15,17,28H,1,3,12-13H2,2H3,(H,27,29)(H,30,31)/b8-4-,20-14+. The second-order valence-corrected chi connectivity index (χ2v) is 10.4. The summed E-state index contributed by atoms with van der Waals surface area (Å²) in [5, 5.41) is 11.9. The van der Waals surface area contributed by atoms with Gasteiger partial charge in [0.05, 0.1) is 35.5 Å². The van der Waals surface area contributed by atoms with Crippen LogP contribution in [0.25, 0.3) is 0 Å². The lowest BCUT2D eigenvalue weighted by Gasteiger charge is -2.13. The lowest BCUT2D eigenvalue weighted by molar-refractivity contribution is 0.0697. The maximum atomic E-state index is 13.0. The van der Waals surface area contributed by atoms with E-state index in [9.17, 15) is 23.1 Å². The Kier molecular flexibility index (Phi) is 9.08. The zero-order valence-corrected chi connectivity index (χ0v) is 21.8. The Morgan fingerprint density at radius 1 is 1.11 bits per heavy atom. The molecule has 11 heteroatoms. The number of aromatic carboxylic acids is 1. The van der Waals surface area contributed by atoms with Gasteiger partial charge in [0.1, 0.15) is 5.76 Å². The number of rotatable bonds is 6. The number of anilines is 1. The van der Waals surface area contributed by atoms with Crippen molar-refractivity contribution in [3.63, 3.8) is 0 Å². The van der Waals surface area contributed by atoms with Gasteiger partial charge in [0, 0.05) is 22.2 Å². The van der Waals surface area contributed by atoms with Crippen molar-refractivity contribution in [3.8, 4) is 0 Å². The number of hydrogen-bond acceptors (Lipinski definition) is 6. The Hall–Kier alpha value is -3.41. The van der Waals surface area contributed by atoms with Crippen molar-refractivity contribution in [3.05, 3.63) is 94.3 Å². The van der Waals surface area contributed by atoms with E-state index in [1.54, 1.807) is 25.1 Å². The number of carbonyl (C=O) groups is 2. The summed E-state index contributed by atoms with van der Waals surface area (Å²) in [4.78, 5) is 24.0. The number of nitrogens with one attached hydrogen (secondary N) is 2. The normalized spacial score (nSPS) is 19.1. The number of hydrogen-bond donors (Lipinski definition) is 3. The number of sulfonamides is 1. The summed E-state index contributed by atoms with van der Waals surface area (Å²) >= 11 is 3.20. The van der Waals surface area contributed by atoms with Crippen molar-refractivity contribution in [2.24, 2.45) is 0 Å². The van der Waals surface area contributed by atoms with Crippen molar-refractivity contribution in [1.82, 2.24) is 4.72 Å². The van der Waals surface area contributed by atoms with Gasteiger partial charge in [-0.15, -0.1) is 0 Å². The van der Waals surface area contributed by atoms with Gasteiger partial charge in [-0.05, 0) is 67.6 Å². The fraction of sp³-hybridized carbons (Fsp3) is 0.200. The van der Waals surface area contributed by atoms with Crippen molar-refractivity contribution < 1.29 is 32.6 Å². The maximum Gasteiger partial charge on any atom is 0.337 e. The summed E-state index contributed by atoms with van der Waals surface area (Å²) in [6.45, 7) is 6.46. The van der Waals surface area contributed by atoms with Crippen LogP contribution in [0.4, 0.5) is 5.69 Å². The van der Waals surface area contributed by atoms with Gasteiger partial charge in [0.25, 0.3) is 15.9 Å². The molecule has 36 heavy (non-hydrogen) atoms.